The number of hydrogen-bond donors (Lipinski definition) is 1. The van der Waals surface area contributed by atoms with Gasteiger partial charge in [0, 0.05) is 19.7 Å². The van der Waals surface area contributed by atoms with E-state index in [2.05, 4.69) is 23.1 Å². The van der Waals surface area contributed by atoms with E-state index < -0.39 is 0 Å². The van der Waals surface area contributed by atoms with E-state index in [9.17, 15) is 0 Å². The lowest BCUT2D eigenvalue weighted by molar-refractivity contribution is 0.204. The normalized spacial score (nSPS) is 22.7. The molecule has 1 fully saturated rings. The van der Waals surface area contributed by atoms with Gasteiger partial charge in [0.2, 0.25) is 0 Å². The summed E-state index contributed by atoms with van der Waals surface area (Å²) in [6.45, 7) is 4.15. The van der Waals surface area contributed by atoms with E-state index in [-0.39, 0.29) is 0 Å². The third-order valence-electron chi connectivity index (χ3n) is 4.37. The molecule has 104 valence electrons. The van der Waals surface area contributed by atoms with Crippen molar-refractivity contribution in [1.29, 1.82) is 0 Å². The number of nitrogens with zero attached hydrogens (tertiary/aromatic N) is 1. The van der Waals surface area contributed by atoms with Gasteiger partial charge in [0.15, 0.2) is 0 Å². The van der Waals surface area contributed by atoms with Gasteiger partial charge in [-0.05, 0) is 61.4 Å². The van der Waals surface area contributed by atoms with Crippen molar-refractivity contribution in [3.8, 4) is 5.75 Å². The lowest BCUT2D eigenvalue weighted by atomic mass is 10.1. The first-order chi connectivity index (χ1) is 9.35. The van der Waals surface area contributed by atoms with E-state index in [1.54, 1.807) is 0 Å². The van der Waals surface area contributed by atoms with Crippen LogP contribution < -0.4 is 4.74 Å². The second kappa shape index (κ2) is 5.93. The van der Waals surface area contributed by atoms with Crippen LogP contribution in [0.5, 0.6) is 5.75 Å². The molecule has 2 aliphatic rings. The molecule has 3 rings (SSSR count). The van der Waals surface area contributed by atoms with E-state index in [1.807, 2.05) is 0 Å². The van der Waals surface area contributed by atoms with Crippen molar-refractivity contribution in [2.45, 2.75) is 25.7 Å². The first kappa shape index (κ1) is 12.9. The fraction of sp³-hybridized carbons (Fsp3) is 0.625. The Bertz CT molecular complexity index is 433. The Morgan fingerprint density at radius 2 is 2.16 bits per heavy atom. The van der Waals surface area contributed by atoms with Gasteiger partial charge >= 0.3 is 0 Å². The number of likely N-dealkylation sites (tertiary alicyclic amines) is 1. The van der Waals surface area contributed by atoms with Crippen LogP contribution in [-0.2, 0) is 12.8 Å². The number of hydrogen-bond acceptors (Lipinski definition) is 3. The highest BCUT2D eigenvalue weighted by atomic mass is 16.5. The second-order valence-electron chi connectivity index (χ2n) is 5.77. The second-order valence-corrected chi connectivity index (χ2v) is 5.77. The SMILES string of the molecule is OCC1CCN(CCOc2ccc3c(c2)CCC3)C1. The molecule has 0 amide bonds. The summed E-state index contributed by atoms with van der Waals surface area (Å²) in [5, 5.41) is 9.12. The van der Waals surface area contributed by atoms with Gasteiger partial charge in [-0.3, -0.25) is 4.90 Å². The maximum atomic E-state index is 9.12. The molecule has 1 aliphatic carbocycles. The summed E-state index contributed by atoms with van der Waals surface area (Å²) in [6.07, 6.45) is 4.84. The highest BCUT2D eigenvalue weighted by Gasteiger charge is 2.21. The van der Waals surface area contributed by atoms with Gasteiger partial charge in [0.1, 0.15) is 12.4 Å². The van der Waals surface area contributed by atoms with Gasteiger partial charge in [-0.25, -0.2) is 0 Å². The molecule has 1 aromatic rings. The van der Waals surface area contributed by atoms with Crippen LogP contribution in [-0.4, -0.2) is 42.9 Å². The van der Waals surface area contributed by atoms with Gasteiger partial charge in [-0.15, -0.1) is 0 Å². The molecular weight excluding hydrogens is 238 g/mol. The fourth-order valence-corrected chi connectivity index (χ4v) is 3.20. The lowest BCUT2D eigenvalue weighted by Gasteiger charge is -2.16. The number of aliphatic hydroxyl groups excluding tert-OH is 1. The molecule has 1 aromatic carbocycles. The third kappa shape index (κ3) is 3.10. The summed E-state index contributed by atoms with van der Waals surface area (Å²) >= 11 is 0. The number of aryl methyl sites for hydroxylation is 2. The van der Waals surface area contributed by atoms with Crippen molar-refractivity contribution >= 4 is 0 Å². The zero-order valence-electron chi connectivity index (χ0n) is 11.5. The van der Waals surface area contributed by atoms with Gasteiger partial charge in [-0.2, -0.15) is 0 Å². The minimum Gasteiger partial charge on any atom is -0.492 e. The molecule has 3 nitrogen and oxygen atoms in total. The summed E-state index contributed by atoms with van der Waals surface area (Å²) in [6, 6.07) is 6.53. The van der Waals surface area contributed by atoms with Crippen molar-refractivity contribution in [3.05, 3.63) is 29.3 Å². The van der Waals surface area contributed by atoms with E-state index >= 15 is 0 Å². The van der Waals surface area contributed by atoms with Crippen LogP contribution in [0.2, 0.25) is 0 Å². The molecule has 0 radical (unpaired) electrons. The molecular formula is C16H23NO2. The molecule has 0 spiro atoms. The van der Waals surface area contributed by atoms with Crippen LogP contribution >= 0.6 is 0 Å². The molecule has 1 aliphatic heterocycles. The molecule has 0 bridgehead atoms. The van der Waals surface area contributed by atoms with E-state index in [4.69, 9.17) is 9.84 Å². The summed E-state index contributed by atoms with van der Waals surface area (Å²) < 4.78 is 5.86. The van der Waals surface area contributed by atoms with E-state index in [1.165, 1.54) is 30.4 Å². The molecule has 1 N–H and O–H groups in total. The minimum absolute atomic E-state index is 0.322. The Labute approximate surface area is 115 Å². The summed E-state index contributed by atoms with van der Waals surface area (Å²) in [5.74, 6) is 1.48. The largest absolute Gasteiger partial charge is 0.492 e. The third-order valence-corrected chi connectivity index (χ3v) is 4.37. The Morgan fingerprint density at radius 1 is 1.26 bits per heavy atom. The van der Waals surface area contributed by atoms with Crippen LogP contribution in [0.3, 0.4) is 0 Å². The Hall–Kier alpha value is -1.06. The maximum absolute atomic E-state index is 9.12. The number of aliphatic hydroxyl groups is 1. The number of benzene rings is 1. The van der Waals surface area contributed by atoms with Gasteiger partial charge in [0.05, 0.1) is 0 Å². The molecule has 19 heavy (non-hydrogen) atoms. The Morgan fingerprint density at radius 3 is 3.00 bits per heavy atom. The van der Waals surface area contributed by atoms with Gasteiger partial charge in [-0.1, -0.05) is 6.07 Å². The van der Waals surface area contributed by atoms with Crippen molar-refractivity contribution in [2.24, 2.45) is 5.92 Å². The minimum atomic E-state index is 0.322. The molecule has 3 heteroatoms. The highest BCUT2D eigenvalue weighted by molar-refractivity contribution is 5.38. The van der Waals surface area contributed by atoms with Crippen molar-refractivity contribution in [3.63, 3.8) is 0 Å². The molecule has 0 saturated carbocycles. The predicted octanol–water partition coefficient (Wildman–Crippen LogP) is 1.87. The smallest absolute Gasteiger partial charge is 0.119 e. The topological polar surface area (TPSA) is 32.7 Å². The molecule has 1 heterocycles. The predicted molar refractivity (Wildman–Crippen MR) is 75.6 cm³/mol. The molecule has 1 atom stereocenters. The van der Waals surface area contributed by atoms with Crippen LogP contribution in [0, 0.1) is 5.92 Å². The zero-order valence-corrected chi connectivity index (χ0v) is 11.5. The monoisotopic (exact) mass is 261 g/mol. The summed E-state index contributed by atoms with van der Waals surface area (Å²) in [4.78, 5) is 2.38. The highest BCUT2D eigenvalue weighted by Crippen LogP contribution is 2.26. The quantitative estimate of drug-likeness (QED) is 0.878. The number of fused-ring (bicyclic) bond motifs is 1. The molecule has 0 aromatic heterocycles. The molecule has 1 unspecified atom stereocenters. The van der Waals surface area contributed by atoms with E-state index in [0.29, 0.717) is 12.5 Å². The van der Waals surface area contributed by atoms with Gasteiger partial charge in [0.25, 0.3) is 0 Å². The van der Waals surface area contributed by atoms with Crippen LogP contribution in [0.15, 0.2) is 18.2 Å². The first-order valence-electron chi connectivity index (χ1n) is 7.43. The maximum Gasteiger partial charge on any atom is 0.119 e. The van der Waals surface area contributed by atoms with E-state index in [0.717, 1.165) is 38.4 Å². The van der Waals surface area contributed by atoms with Crippen LogP contribution in [0.1, 0.15) is 24.0 Å². The summed E-state index contributed by atoms with van der Waals surface area (Å²) in [5.41, 5.74) is 2.97. The Balaban J connectivity index is 1.45. The zero-order chi connectivity index (χ0) is 13.1. The van der Waals surface area contributed by atoms with Crippen molar-refractivity contribution in [2.75, 3.05) is 32.8 Å². The lowest BCUT2D eigenvalue weighted by Crippen LogP contribution is -2.26. The van der Waals surface area contributed by atoms with Crippen molar-refractivity contribution < 1.29 is 9.84 Å². The standard InChI is InChI=1S/C16H23NO2/c18-12-13-6-7-17(11-13)8-9-19-16-5-4-14-2-1-3-15(14)10-16/h4-5,10,13,18H,1-3,6-9,11-12H2. The van der Waals surface area contributed by atoms with Crippen molar-refractivity contribution in [1.82, 2.24) is 4.90 Å². The average Bonchev–Trinajstić information content (AvgIpc) is 3.06. The Kier molecular flexibility index (Phi) is 4.04. The van der Waals surface area contributed by atoms with Crippen LogP contribution in [0.4, 0.5) is 0 Å². The van der Waals surface area contributed by atoms with Crippen LogP contribution in [0.25, 0.3) is 0 Å². The summed E-state index contributed by atoms with van der Waals surface area (Å²) in [7, 11) is 0. The van der Waals surface area contributed by atoms with Gasteiger partial charge < -0.3 is 9.84 Å². The number of ether oxygens (including phenoxy) is 1. The molecule has 1 saturated heterocycles. The number of rotatable bonds is 5. The average molecular weight is 261 g/mol. The fourth-order valence-electron chi connectivity index (χ4n) is 3.20. The first-order valence-corrected chi connectivity index (χ1v) is 7.43.